The maximum atomic E-state index is 13.2. The van der Waals surface area contributed by atoms with Gasteiger partial charge in [0.25, 0.3) is 0 Å². The zero-order valence-electron chi connectivity index (χ0n) is 19.2. The van der Waals surface area contributed by atoms with Crippen LogP contribution in [0.3, 0.4) is 0 Å². The fourth-order valence-corrected chi connectivity index (χ4v) is 4.30. The van der Waals surface area contributed by atoms with E-state index in [2.05, 4.69) is 43.3 Å². The van der Waals surface area contributed by atoms with Gasteiger partial charge in [-0.1, -0.05) is 30.3 Å². The quantitative estimate of drug-likeness (QED) is 0.423. The van der Waals surface area contributed by atoms with E-state index in [0.29, 0.717) is 33.7 Å². The number of allylic oxidation sites excluding steroid dienone is 2. The summed E-state index contributed by atoms with van der Waals surface area (Å²) in [6.07, 6.45) is 1.63. The molecule has 1 aliphatic heterocycles. The van der Waals surface area contributed by atoms with Gasteiger partial charge in [-0.05, 0) is 60.1 Å². The lowest BCUT2D eigenvalue weighted by Crippen LogP contribution is -2.33. The van der Waals surface area contributed by atoms with Crippen molar-refractivity contribution in [1.82, 2.24) is 15.2 Å². The van der Waals surface area contributed by atoms with Gasteiger partial charge in [0.15, 0.2) is 0 Å². The summed E-state index contributed by atoms with van der Waals surface area (Å²) < 4.78 is 11.3. The fourth-order valence-electron chi connectivity index (χ4n) is 3.92. The minimum Gasteiger partial charge on any atom is -0.466 e. The van der Waals surface area contributed by atoms with Crippen molar-refractivity contribution < 1.29 is 19.1 Å². The first-order chi connectivity index (χ1) is 15.8. The van der Waals surface area contributed by atoms with Crippen LogP contribution < -0.4 is 5.32 Å². The first-order valence-corrected chi connectivity index (χ1v) is 11.4. The van der Waals surface area contributed by atoms with Crippen molar-refractivity contribution >= 4 is 27.9 Å². The Bertz CT molecular complexity index is 1080. The number of methoxy groups -OCH3 is 1. The molecule has 0 bridgehead atoms. The molecule has 0 saturated carbocycles. The van der Waals surface area contributed by atoms with Gasteiger partial charge in [0, 0.05) is 30.7 Å². The van der Waals surface area contributed by atoms with Crippen LogP contribution in [0.2, 0.25) is 0 Å². The number of hydrogen-bond acceptors (Lipinski definition) is 7. The van der Waals surface area contributed by atoms with Crippen LogP contribution in [0.1, 0.15) is 30.9 Å². The topological polar surface area (TPSA) is 80.8 Å². The molecule has 2 aromatic rings. The van der Waals surface area contributed by atoms with Crippen LogP contribution in [0.4, 0.5) is 0 Å². The van der Waals surface area contributed by atoms with E-state index in [1.807, 2.05) is 25.2 Å². The highest BCUT2D eigenvalue weighted by atomic mass is 79.9. The number of nitrogens with one attached hydrogen (secondary N) is 1. The summed E-state index contributed by atoms with van der Waals surface area (Å²) in [4.78, 5) is 32.2. The smallest absolute Gasteiger partial charge is 0.336 e. The molecule has 0 fully saturated rings. The van der Waals surface area contributed by atoms with Crippen molar-refractivity contribution in [3.63, 3.8) is 0 Å². The van der Waals surface area contributed by atoms with Crippen LogP contribution in [-0.4, -0.2) is 49.1 Å². The number of hydrogen-bond donors (Lipinski definition) is 1. The Morgan fingerprint density at radius 3 is 2.39 bits per heavy atom. The number of likely N-dealkylation sites (N-methyl/N-ethyl adjacent to an activating group) is 1. The van der Waals surface area contributed by atoms with Gasteiger partial charge in [-0.25, -0.2) is 14.6 Å². The van der Waals surface area contributed by atoms with Crippen LogP contribution in [-0.2, 0) is 25.6 Å². The van der Waals surface area contributed by atoms with Gasteiger partial charge in [0.05, 0.1) is 24.2 Å². The molecule has 0 spiro atoms. The number of ether oxygens (including phenoxy) is 2. The monoisotopic (exact) mass is 513 g/mol. The number of nitrogens with zero attached hydrogens (tertiary/aromatic N) is 2. The molecule has 1 atom stereocenters. The molecule has 7 nitrogen and oxygen atoms in total. The Kier molecular flexibility index (Phi) is 8.41. The highest BCUT2D eigenvalue weighted by molar-refractivity contribution is 9.10. The van der Waals surface area contributed by atoms with E-state index in [4.69, 9.17) is 9.47 Å². The molecule has 3 rings (SSSR count). The summed E-state index contributed by atoms with van der Waals surface area (Å²) >= 11 is 3.38. The number of halogens is 1. The summed E-state index contributed by atoms with van der Waals surface area (Å²) in [5.74, 6) is -1.61. The standard InChI is InChI=1S/C25H28BrN3O4/c1-16-21(24(30)32-4)23(19-10-11-27-20(26)14-19)22(17(2)28-16)25(31)33-13-12-29(3)15-18-8-6-5-7-9-18/h5-11,14,23,28H,12-13,15H2,1-4H3. The van der Waals surface area contributed by atoms with Gasteiger partial charge in [-0.3, -0.25) is 4.90 Å². The number of benzene rings is 1. The largest absolute Gasteiger partial charge is 0.466 e. The molecular formula is C25H28BrN3O4. The fraction of sp³-hybridized carbons (Fsp3) is 0.320. The van der Waals surface area contributed by atoms with Gasteiger partial charge < -0.3 is 14.8 Å². The zero-order valence-corrected chi connectivity index (χ0v) is 20.8. The average Bonchev–Trinajstić information content (AvgIpc) is 2.78. The Hall–Kier alpha value is -2.97. The van der Waals surface area contributed by atoms with Gasteiger partial charge in [0.1, 0.15) is 11.2 Å². The number of carbonyl (C=O) groups excluding carboxylic acids is 2. The lowest BCUT2D eigenvalue weighted by molar-refractivity contribution is -0.139. The summed E-state index contributed by atoms with van der Waals surface area (Å²) in [5, 5.41) is 3.14. The zero-order chi connectivity index (χ0) is 24.0. The van der Waals surface area contributed by atoms with Crippen molar-refractivity contribution in [3.05, 3.63) is 86.9 Å². The molecule has 2 heterocycles. The van der Waals surface area contributed by atoms with Crippen molar-refractivity contribution in [1.29, 1.82) is 0 Å². The average molecular weight is 514 g/mol. The molecule has 1 N–H and O–H groups in total. The number of dihydropyridines is 1. The van der Waals surface area contributed by atoms with Gasteiger partial charge in [0.2, 0.25) is 0 Å². The maximum absolute atomic E-state index is 13.2. The first-order valence-electron chi connectivity index (χ1n) is 10.6. The van der Waals surface area contributed by atoms with Gasteiger partial charge in [-0.15, -0.1) is 0 Å². The van der Waals surface area contributed by atoms with E-state index >= 15 is 0 Å². The molecule has 0 radical (unpaired) electrons. The molecule has 1 unspecified atom stereocenters. The second-order valence-electron chi connectivity index (χ2n) is 7.90. The Balaban J connectivity index is 1.79. The van der Waals surface area contributed by atoms with Crippen LogP contribution in [0, 0.1) is 0 Å². The third-order valence-electron chi connectivity index (χ3n) is 5.47. The van der Waals surface area contributed by atoms with E-state index in [1.54, 1.807) is 32.2 Å². The Morgan fingerprint density at radius 2 is 1.76 bits per heavy atom. The van der Waals surface area contributed by atoms with Crippen molar-refractivity contribution in [2.45, 2.75) is 26.3 Å². The predicted molar refractivity (Wildman–Crippen MR) is 129 cm³/mol. The number of carbonyl (C=O) groups is 2. The van der Waals surface area contributed by atoms with Gasteiger partial charge in [-0.2, -0.15) is 0 Å². The highest BCUT2D eigenvalue weighted by Gasteiger charge is 2.37. The second kappa shape index (κ2) is 11.2. The summed E-state index contributed by atoms with van der Waals surface area (Å²) in [5.41, 5.74) is 3.95. The van der Waals surface area contributed by atoms with E-state index < -0.39 is 17.9 Å². The third kappa shape index (κ3) is 6.09. The molecule has 1 aliphatic rings. The normalized spacial score (nSPS) is 16.0. The van der Waals surface area contributed by atoms with E-state index in [1.165, 1.54) is 12.7 Å². The molecular weight excluding hydrogens is 486 g/mol. The molecule has 0 amide bonds. The third-order valence-corrected chi connectivity index (χ3v) is 5.90. The molecule has 0 aliphatic carbocycles. The molecule has 0 saturated heterocycles. The van der Waals surface area contributed by atoms with Crippen LogP contribution in [0.25, 0.3) is 0 Å². The second-order valence-corrected chi connectivity index (χ2v) is 8.71. The number of esters is 2. The maximum Gasteiger partial charge on any atom is 0.336 e. The highest BCUT2D eigenvalue weighted by Crippen LogP contribution is 2.39. The lowest BCUT2D eigenvalue weighted by Gasteiger charge is -2.30. The number of pyridine rings is 1. The van der Waals surface area contributed by atoms with Crippen molar-refractivity contribution in [2.24, 2.45) is 0 Å². The van der Waals surface area contributed by atoms with Crippen LogP contribution >= 0.6 is 15.9 Å². The summed E-state index contributed by atoms with van der Waals surface area (Å²) in [6.45, 7) is 5.15. The molecule has 174 valence electrons. The number of aromatic nitrogens is 1. The molecule has 1 aromatic carbocycles. The van der Waals surface area contributed by atoms with E-state index in [0.717, 1.165) is 12.1 Å². The molecule has 8 heteroatoms. The minimum atomic E-state index is -0.632. The lowest BCUT2D eigenvalue weighted by atomic mass is 9.81. The predicted octanol–water partition coefficient (Wildman–Crippen LogP) is 3.93. The summed E-state index contributed by atoms with van der Waals surface area (Å²) in [7, 11) is 3.31. The van der Waals surface area contributed by atoms with E-state index in [-0.39, 0.29) is 6.61 Å². The van der Waals surface area contributed by atoms with Gasteiger partial charge >= 0.3 is 11.9 Å². The molecule has 33 heavy (non-hydrogen) atoms. The van der Waals surface area contributed by atoms with Crippen molar-refractivity contribution in [2.75, 3.05) is 27.3 Å². The van der Waals surface area contributed by atoms with Crippen molar-refractivity contribution in [3.8, 4) is 0 Å². The Morgan fingerprint density at radius 1 is 1.09 bits per heavy atom. The molecule has 1 aromatic heterocycles. The van der Waals surface area contributed by atoms with Crippen LogP contribution in [0.5, 0.6) is 0 Å². The number of rotatable bonds is 8. The first kappa shape index (κ1) is 24.7. The SMILES string of the molecule is COC(=O)C1=C(C)NC(C)=C(C(=O)OCCN(C)Cc2ccccc2)C1c1ccnc(Br)c1. The van der Waals surface area contributed by atoms with E-state index in [9.17, 15) is 9.59 Å². The van der Waals surface area contributed by atoms with Crippen LogP contribution in [0.15, 0.2) is 75.8 Å². The Labute approximate surface area is 202 Å². The minimum absolute atomic E-state index is 0.224. The summed E-state index contributed by atoms with van der Waals surface area (Å²) in [6, 6.07) is 13.7.